The zero-order valence-corrected chi connectivity index (χ0v) is 10.4. The van der Waals surface area contributed by atoms with E-state index < -0.39 is 0 Å². The van der Waals surface area contributed by atoms with E-state index in [1.165, 1.54) is 0 Å². The van der Waals surface area contributed by atoms with Gasteiger partial charge in [-0.05, 0) is 29.8 Å². The largest absolute Gasteiger partial charge is 0.379 e. The van der Waals surface area contributed by atoms with E-state index in [4.69, 9.17) is 16.1 Å². The molecule has 1 aromatic carbocycles. The molecule has 102 valence electrons. The SMILES string of the molecule is [N-]=[N+]=NCCOCCNC(=O)c1ccc(NN)cc1. The number of hydrazine groups is 1. The van der Waals surface area contributed by atoms with E-state index in [2.05, 4.69) is 20.8 Å². The van der Waals surface area contributed by atoms with Crippen LogP contribution in [-0.2, 0) is 4.74 Å². The number of hydrogen-bond donors (Lipinski definition) is 3. The summed E-state index contributed by atoms with van der Waals surface area (Å²) < 4.78 is 5.15. The molecule has 0 aliphatic rings. The van der Waals surface area contributed by atoms with Crippen molar-refractivity contribution in [2.45, 2.75) is 0 Å². The van der Waals surface area contributed by atoms with Crippen LogP contribution in [0.2, 0.25) is 0 Å². The van der Waals surface area contributed by atoms with Crippen molar-refractivity contribution < 1.29 is 9.53 Å². The molecule has 8 heteroatoms. The predicted octanol–water partition coefficient (Wildman–Crippen LogP) is 1.03. The molecule has 0 aliphatic carbocycles. The summed E-state index contributed by atoms with van der Waals surface area (Å²) in [6, 6.07) is 6.77. The molecule has 1 aromatic rings. The number of carbonyl (C=O) groups excluding carboxylic acids is 1. The Balaban J connectivity index is 2.21. The van der Waals surface area contributed by atoms with Crippen LogP contribution in [0.1, 0.15) is 10.4 Å². The molecule has 8 nitrogen and oxygen atoms in total. The van der Waals surface area contributed by atoms with Gasteiger partial charge in [0.1, 0.15) is 0 Å². The summed E-state index contributed by atoms with van der Waals surface area (Å²) in [7, 11) is 0. The van der Waals surface area contributed by atoms with Gasteiger partial charge in [0.05, 0.1) is 13.2 Å². The number of azide groups is 1. The van der Waals surface area contributed by atoms with E-state index in [0.29, 0.717) is 25.3 Å². The molecule has 0 heterocycles. The van der Waals surface area contributed by atoms with E-state index in [1.807, 2.05) is 0 Å². The Kier molecular flexibility index (Phi) is 6.81. The Hall–Kier alpha value is -2.28. The molecule has 0 fully saturated rings. The van der Waals surface area contributed by atoms with Crippen LogP contribution in [0.5, 0.6) is 0 Å². The Morgan fingerprint density at radius 3 is 2.74 bits per heavy atom. The zero-order valence-electron chi connectivity index (χ0n) is 10.4. The van der Waals surface area contributed by atoms with E-state index in [1.54, 1.807) is 24.3 Å². The fourth-order valence-electron chi connectivity index (χ4n) is 1.31. The molecule has 0 unspecified atom stereocenters. The fourth-order valence-corrected chi connectivity index (χ4v) is 1.31. The minimum atomic E-state index is -0.179. The van der Waals surface area contributed by atoms with Gasteiger partial charge in [0, 0.05) is 29.3 Å². The van der Waals surface area contributed by atoms with Crippen LogP contribution in [0.15, 0.2) is 29.4 Å². The van der Waals surface area contributed by atoms with E-state index in [9.17, 15) is 4.79 Å². The number of nitrogens with one attached hydrogen (secondary N) is 2. The van der Waals surface area contributed by atoms with Gasteiger partial charge >= 0.3 is 0 Å². The number of nitrogen functional groups attached to an aromatic ring is 1. The van der Waals surface area contributed by atoms with Gasteiger partial charge in [-0.15, -0.1) is 0 Å². The van der Waals surface area contributed by atoms with Crippen LogP contribution in [0, 0.1) is 0 Å². The molecule has 0 spiro atoms. The van der Waals surface area contributed by atoms with Gasteiger partial charge in [-0.1, -0.05) is 5.11 Å². The molecular formula is C11H16N6O2. The highest BCUT2D eigenvalue weighted by Crippen LogP contribution is 2.07. The van der Waals surface area contributed by atoms with Crippen molar-refractivity contribution in [1.29, 1.82) is 0 Å². The summed E-state index contributed by atoms with van der Waals surface area (Å²) in [6.45, 7) is 1.40. The number of ether oxygens (including phenoxy) is 1. The molecule has 0 aliphatic heterocycles. The number of rotatable bonds is 8. The van der Waals surface area contributed by atoms with Crippen molar-refractivity contribution in [1.82, 2.24) is 5.32 Å². The van der Waals surface area contributed by atoms with Crippen molar-refractivity contribution >= 4 is 11.6 Å². The molecule has 0 saturated carbocycles. The summed E-state index contributed by atoms with van der Waals surface area (Å²) >= 11 is 0. The second-order valence-electron chi connectivity index (χ2n) is 3.54. The number of carbonyl (C=O) groups is 1. The Morgan fingerprint density at radius 1 is 1.37 bits per heavy atom. The summed E-state index contributed by atoms with van der Waals surface area (Å²) in [4.78, 5) is 14.3. The van der Waals surface area contributed by atoms with Crippen molar-refractivity contribution in [3.05, 3.63) is 40.3 Å². The van der Waals surface area contributed by atoms with Crippen LogP contribution in [0.4, 0.5) is 5.69 Å². The third kappa shape index (κ3) is 5.73. The van der Waals surface area contributed by atoms with Gasteiger partial charge in [0.2, 0.25) is 0 Å². The highest BCUT2D eigenvalue weighted by Gasteiger charge is 2.03. The molecule has 19 heavy (non-hydrogen) atoms. The molecule has 0 atom stereocenters. The Labute approximate surface area is 110 Å². The minimum Gasteiger partial charge on any atom is -0.379 e. The number of benzene rings is 1. The van der Waals surface area contributed by atoms with Gasteiger partial charge in [0.15, 0.2) is 0 Å². The first kappa shape index (κ1) is 14.8. The third-order valence-electron chi connectivity index (χ3n) is 2.24. The summed E-state index contributed by atoms with van der Waals surface area (Å²) in [5.74, 6) is 5.05. The standard InChI is InChI=1S/C11H16N6O2/c12-16-10-3-1-9(2-4-10)11(18)14-5-7-19-8-6-15-17-13/h1-4,16H,5-8,12H2,(H,14,18). The van der Waals surface area contributed by atoms with Crippen LogP contribution in [0.3, 0.4) is 0 Å². The first-order valence-electron chi connectivity index (χ1n) is 5.71. The number of nitrogens with zero attached hydrogens (tertiary/aromatic N) is 3. The lowest BCUT2D eigenvalue weighted by atomic mass is 10.2. The Morgan fingerprint density at radius 2 is 2.11 bits per heavy atom. The lowest BCUT2D eigenvalue weighted by Gasteiger charge is -2.06. The maximum absolute atomic E-state index is 11.7. The second-order valence-corrected chi connectivity index (χ2v) is 3.54. The maximum atomic E-state index is 11.7. The maximum Gasteiger partial charge on any atom is 0.251 e. The monoisotopic (exact) mass is 264 g/mol. The Bertz CT molecular complexity index is 441. The molecule has 4 N–H and O–H groups in total. The second kappa shape index (κ2) is 8.76. The molecule has 0 aromatic heterocycles. The van der Waals surface area contributed by atoms with Crippen LogP contribution < -0.4 is 16.6 Å². The van der Waals surface area contributed by atoms with Crippen LogP contribution >= 0.6 is 0 Å². The quantitative estimate of drug-likeness (QED) is 0.162. The number of nitrogens with two attached hydrogens (primary N) is 1. The lowest BCUT2D eigenvalue weighted by Crippen LogP contribution is -2.27. The van der Waals surface area contributed by atoms with Crippen molar-refractivity contribution in [3.8, 4) is 0 Å². The van der Waals surface area contributed by atoms with E-state index in [0.717, 1.165) is 5.69 Å². The summed E-state index contributed by atoms with van der Waals surface area (Å²) in [5.41, 5.74) is 11.8. The molecular weight excluding hydrogens is 248 g/mol. The summed E-state index contributed by atoms with van der Waals surface area (Å²) in [5, 5.41) is 6.03. The van der Waals surface area contributed by atoms with Gasteiger partial charge in [-0.3, -0.25) is 10.6 Å². The van der Waals surface area contributed by atoms with E-state index >= 15 is 0 Å². The minimum absolute atomic E-state index is 0.179. The fraction of sp³-hybridized carbons (Fsp3) is 0.364. The first-order valence-corrected chi connectivity index (χ1v) is 5.71. The molecule has 0 bridgehead atoms. The zero-order chi connectivity index (χ0) is 13.9. The molecule has 1 amide bonds. The smallest absolute Gasteiger partial charge is 0.251 e. The van der Waals surface area contributed by atoms with E-state index in [-0.39, 0.29) is 12.5 Å². The topological polar surface area (TPSA) is 125 Å². The van der Waals surface area contributed by atoms with Gasteiger partial charge in [-0.2, -0.15) is 0 Å². The van der Waals surface area contributed by atoms with Gasteiger partial charge < -0.3 is 15.5 Å². The molecule has 0 saturated heterocycles. The average Bonchev–Trinajstić information content (AvgIpc) is 2.46. The highest BCUT2D eigenvalue weighted by atomic mass is 16.5. The normalized spacial score (nSPS) is 9.53. The predicted molar refractivity (Wildman–Crippen MR) is 71.4 cm³/mol. The summed E-state index contributed by atoms with van der Waals surface area (Å²) in [6.07, 6.45) is 0. The number of anilines is 1. The van der Waals surface area contributed by atoms with Crippen LogP contribution in [0.25, 0.3) is 10.4 Å². The van der Waals surface area contributed by atoms with Crippen molar-refractivity contribution in [2.24, 2.45) is 11.0 Å². The number of amides is 1. The molecule has 1 rings (SSSR count). The highest BCUT2D eigenvalue weighted by molar-refractivity contribution is 5.94. The van der Waals surface area contributed by atoms with Gasteiger partial charge in [-0.25, -0.2) is 0 Å². The third-order valence-corrected chi connectivity index (χ3v) is 2.24. The average molecular weight is 264 g/mol. The molecule has 0 radical (unpaired) electrons. The first-order chi connectivity index (χ1) is 9.27. The van der Waals surface area contributed by atoms with Crippen molar-refractivity contribution in [2.75, 3.05) is 31.7 Å². The van der Waals surface area contributed by atoms with Gasteiger partial charge in [0.25, 0.3) is 5.91 Å². The van der Waals surface area contributed by atoms with Crippen molar-refractivity contribution in [3.63, 3.8) is 0 Å². The van der Waals surface area contributed by atoms with Crippen LogP contribution in [-0.4, -0.2) is 32.2 Å². The number of hydrogen-bond acceptors (Lipinski definition) is 5. The lowest BCUT2D eigenvalue weighted by molar-refractivity contribution is 0.0920.